The third-order valence-corrected chi connectivity index (χ3v) is 3.25. The number of hydrogen-bond acceptors (Lipinski definition) is 4. The predicted molar refractivity (Wildman–Crippen MR) is 68.6 cm³/mol. The molecule has 1 aromatic rings. The van der Waals surface area contributed by atoms with Crippen LogP contribution in [0.15, 0.2) is 42.5 Å². The maximum atomic E-state index is 5.84. The SMILES string of the molecule is C1=C(N2CCNCC2)O[C@H](Cc2ccccc2)O1. The minimum atomic E-state index is -0.183. The van der Waals surface area contributed by atoms with Crippen LogP contribution in [0.3, 0.4) is 0 Å². The van der Waals surface area contributed by atoms with Crippen molar-refractivity contribution in [1.29, 1.82) is 0 Å². The minimum Gasteiger partial charge on any atom is -0.457 e. The van der Waals surface area contributed by atoms with Crippen LogP contribution in [-0.4, -0.2) is 37.4 Å². The maximum absolute atomic E-state index is 5.84. The zero-order valence-corrected chi connectivity index (χ0v) is 10.3. The molecule has 0 spiro atoms. The van der Waals surface area contributed by atoms with Crippen molar-refractivity contribution in [3.05, 3.63) is 48.0 Å². The summed E-state index contributed by atoms with van der Waals surface area (Å²) in [7, 11) is 0. The quantitative estimate of drug-likeness (QED) is 0.872. The predicted octanol–water partition coefficient (Wildman–Crippen LogP) is 1.31. The van der Waals surface area contributed by atoms with E-state index in [0.29, 0.717) is 0 Å². The Kier molecular flexibility index (Phi) is 3.37. The first kappa shape index (κ1) is 11.4. The Labute approximate surface area is 107 Å². The van der Waals surface area contributed by atoms with Gasteiger partial charge in [-0.3, -0.25) is 0 Å². The van der Waals surface area contributed by atoms with E-state index in [1.165, 1.54) is 5.56 Å². The molecular weight excluding hydrogens is 228 g/mol. The molecule has 2 aliphatic heterocycles. The number of nitrogens with zero attached hydrogens (tertiary/aromatic N) is 1. The smallest absolute Gasteiger partial charge is 0.246 e. The fourth-order valence-electron chi connectivity index (χ4n) is 2.25. The molecule has 0 aliphatic carbocycles. The van der Waals surface area contributed by atoms with Gasteiger partial charge in [0, 0.05) is 32.6 Å². The Balaban J connectivity index is 1.54. The van der Waals surface area contributed by atoms with Crippen LogP contribution in [0.4, 0.5) is 0 Å². The van der Waals surface area contributed by atoms with Gasteiger partial charge in [0.2, 0.25) is 12.2 Å². The van der Waals surface area contributed by atoms with E-state index in [-0.39, 0.29) is 6.29 Å². The summed E-state index contributed by atoms with van der Waals surface area (Å²) in [5.74, 6) is 0.873. The van der Waals surface area contributed by atoms with E-state index in [0.717, 1.165) is 38.5 Å². The molecule has 0 saturated carbocycles. The Morgan fingerprint density at radius 1 is 1.17 bits per heavy atom. The summed E-state index contributed by atoms with van der Waals surface area (Å²) >= 11 is 0. The van der Waals surface area contributed by atoms with Crippen molar-refractivity contribution < 1.29 is 9.47 Å². The molecule has 1 N–H and O–H groups in total. The summed E-state index contributed by atoms with van der Waals surface area (Å²) < 4.78 is 11.4. The van der Waals surface area contributed by atoms with Gasteiger partial charge in [-0.1, -0.05) is 30.3 Å². The third-order valence-electron chi connectivity index (χ3n) is 3.25. The van der Waals surface area contributed by atoms with Crippen LogP contribution in [0.2, 0.25) is 0 Å². The Morgan fingerprint density at radius 3 is 2.72 bits per heavy atom. The molecule has 96 valence electrons. The van der Waals surface area contributed by atoms with Crippen LogP contribution in [0.1, 0.15) is 5.56 Å². The van der Waals surface area contributed by atoms with Crippen molar-refractivity contribution in [2.75, 3.05) is 26.2 Å². The van der Waals surface area contributed by atoms with Gasteiger partial charge in [-0.2, -0.15) is 0 Å². The molecule has 4 heteroatoms. The van der Waals surface area contributed by atoms with Gasteiger partial charge in [0.25, 0.3) is 0 Å². The molecule has 0 amide bonds. The van der Waals surface area contributed by atoms with Crippen molar-refractivity contribution >= 4 is 0 Å². The topological polar surface area (TPSA) is 33.7 Å². The monoisotopic (exact) mass is 246 g/mol. The standard InChI is InChI=1S/C14H18N2O2/c1-2-4-12(5-3-1)10-14-17-11-13(18-14)16-8-6-15-7-9-16/h1-5,11,14-15H,6-10H2/t14-/m1/s1. The lowest BCUT2D eigenvalue weighted by Crippen LogP contribution is -2.43. The lowest BCUT2D eigenvalue weighted by atomic mass is 10.1. The van der Waals surface area contributed by atoms with E-state index in [1.807, 2.05) is 18.2 Å². The van der Waals surface area contributed by atoms with E-state index in [2.05, 4.69) is 22.3 Å². The fraction of sp³-hybridized carbons (Fsp3) is 0.429. The second-order valence-electron chi connectivity index (χ2n) is 4.57. The Morgan fingerprint density at radius 2 is 1.94 bits per heavy atom. The molecule has 2 heterocycles. The molecule has 0 bridgehead atoms. The average Bonchev–Trinajstić information content (AvgIpc) is 2.89. The average molecular weight is 246 g/mol. The molecule has 18 heavy (non-hydrogen) atoms. The highest BCUT2D eigenvalue weighted by Crippen LogP contribution is 2.21. The van der Waals surface area contributed by atoms with Crippen LogP contribution >= 0.6 is 0 Å². The van der Waals surface area contributed by atoms with E-state index in [4.69, 9.17) is 9.47 Å². The van der Waals surface area contributed by atoms with Crippen molar-refractivity contribution in [3.8, 4) is 0 Å². The first-order valence-electron chi connectivity index (χ1n) is 6.44. The molecule has 3 rings (SSSR count). The zero-order chi connectivity index (χ0) is 12.2. The van der Waals surface area contributed by atoms with Crippen molar-refractivity contribution in [3.63, 3.8) is 0 Å². The number of hydrogen-bond donors (Lipinski definition) is 1. The lowest BCUT2D eigenvalue weighted by Gasteiger charge is -2.28. The van der Waals surface area contributed by atoms with Gasteiger partial charge in [0.1, 0.15) is 6.26 Å². The van der Waals surface area contributed by atoms with Gasteiger partial charge in [0.05, 0.1) is 0 Å². The van der Waals surface area contributed by atoms with Gasteiger partial charge in [-0.05, 0) is 5.56 Å². The van der Waals surface area contributed by atoms with Gasteiger partial charge >= 0.3 is 0 Å². The third kappa shape index (κ3) is 2.59. The van der Waals surface area contributed by atoms with Crippen LogP contribution in [-0.2, 0) is 15.9 Å². The molecule has 1 atom stereocenters. The van der Waals surface area contributed by atoms with Gasteiger partial charge in [0.15, 0.2) is 0 Å². The summed E-state index contributed by atoms with van der Waals surface area (Å²) in [5, 5.41) is 3.32. The lowest BCUT2D eigenvalue weighted by molar-refractivity contribution is -0.0490. The summed E-state index contributed by atoms with van der Waals surface area (Å²) in [4.78, 5) is 2.22. The van der Waals surface area contributed by atoms with E-state index < -0.39 is 0 Å². The largest absolute Gasteiger partial charge is 0.457 e. The molecule has 1 aromatic carbocycles. The summed E-state index contributed by atoms with van der Waals surface area (Å²) in [6, 6.07) is 10.3. The van der Waals surface area contributed by atoms with Crippen LogP contribution in [0.5, 0.6) is 0 Å². The number of piperazine rings is 1. The Bertz CT molecular complexity index is 413. The summed E-state index contributed by atoms with van der Waals surface area (Å²) in [5.41, 5.74) is 1.23. The molecule has 0 radical (unpaired) electrons. The van der Waals surface area contributed by atoms with Gasteiger partial charge in [-0.25, -0.2) is 0 Å². The molecule has 0 aromatic heterocycles. The fourth-order valence-corrected chi connectivity index (χ4v) is 2.25. The number of benzene rings is 1. The molecule has 4 nitrogen and oxygen atoms in total. The highest BCUT2D eigenvalue weighted by atomic mass is 16.7. The highest BCUT2D eigenvalue weighted by Gasteiger charge is 2.24. The summed E-state index contributed by atoms with van der Waals surface area (Å²) in [6.07, 6.45) is 2.35. The normalized spacial score (nSPS) is 23.2. The maximum Gasteiger partial charge on any atom is 0.246 e. The number of rotatable bonds is 3. The number of nitrogens with one attached hydrogen (secondary N) is 1. The molecule has 0 unspecified atom stereocenters. The molecule has 1 fully saturated rings. The van der Waals surface area contributed by atoms with Gasteiger partial charge < -0.3 is 19.7 Å². The first-order chi connectivity index (χ1) is 8.92. The second-order valence-corrected chi connectivity index (χ2v) is 4.57. The molecular formula is C14H18N2O2. The Hall–Kier alpha value is -1.68. The number of ether oxygens (including phenoxy) is 2. The molecule has 1 saturated heterocycles. The second kappa shape index (κ2) is 5.31. The van der Waals surface area contributed by atoms with Crippen molar-refractivity contribution in [1.82, 2.24) is 10.2 Å². The van der Waals surface area contributed by atoms with Crippen LogP contribution in [0, 0.1) is 0 Å². The van der Waals surface area contributed by atoms with E-state index >= 15 is 0 Å². The van der Waals surface area contributed by atoms with Crippen molar-refractivity contribution in [2.24, 2.45) is 0 Å². The first-order valence-corrected chi connectivity index (χ1v) is 6.44. The molecule has 2 aliphatic rings. The van der Waals surface area contributed by atoms with Crippen molar-refractivity contribution in [2.45, 2.75) is 12.7 Å². The zero-order valence-electron chi connectivity index (χ0n) is 10.3. The summed E-state index contributed by atoms with van der Waals surface area (Å²) in [6.45, 7) is 3.97. The van der Waals surface area contributed by atoms with Gasteiger partial charge in [-0.15, -0.1) is 0 Å². The minimum absolute atomic E-state index is 0.183. The van der Waals surface area contributed by atoms with E-state index in [9.17, 15) is 0 Å². The van der Waals surface area contributed by atoms with E-state index in [1.54, 1.807) is 6.26 Å². The highest BCUT2D eigenvalue weighted by molar-refractivity contribution is 5.15. The van der Waals surface area contributed by atoms with Crippen LogP contribution < -0.4 is 5.32 Å². The van der Waals surface area contributed by atoms with Crippen LogP contribution in [0.25, 0.3) is 0 Å².